The molecule has 10 heavy (non-hydrogen) atoms. The second-order valence-electron chi connectivity index (χ2n) is 1.88. The number of alkyl halides is 4. The fourth-order valence-corrected chi connectivity index (χ4v) is 0.492. The Bertz CT molecular complexity index is 119. The van der Waals surface area contributed by atoms with E-state index in [1.54, 1.807) is 0 Å². The standard InChI is InChI=1S/C4H4F4O2/c5-3(6)1-2-9-10-4(3,7)8/h1-2H2. The highest BCUT2D eigenvalue weighted by molar-refractivity contribution is 4.77. The molecule has 0 radical (unpaired) electrons. The molecule has 0 spiro atoms. The van der Waals surface area contributed by atoms with E-state index in [9.17, 15) is 17.6 Å². The van der Waals surface area contributed by atoms with Gasteiger partial charge in [-0.25, -0.2) is 4.89 Å². The highest BCUT2D eigenvalue weighted by Crippen LogP contribution is 2.40. The minimum absolute atomic E-state index is 0.511. The summed E-state index contributed by atoms with van der Waals surface area (Å²) < 4.78 is 47.8. The van der Waals surface area contributed by atoms with Crippen LogP contribution in [0, 0.1) is 0 Å². The monoisotopic (exact) mass is 160 g/mol. The van der Waals surface area contributed by atoms with E-state index in [0.717, 1.165) is 0 Å². The second kappa shape index (κ2) is 2.06. The Morgan fingerprint density at radius 1 is 1.10 bits per heavy atom. The molecule has 0 N–H and O–H groups in total. The van der Waals surface area contributed by atoms with Crippen LogP contribution in [-0.4, -0.2) is 18.6 Å². The number of halogens is 4. The van der Waals surface area contributed by atoms with Crippen molar-refractivity contribution in [3.05, 3.63) is 0 Å². The maximum atomic E-state index is 12.0. The van der Waals surface area contributed by atoms with Crippen LogP contribution in [0.2, 0.25) is 0 Å². The van der Waals surface area contributed by atoms with E-state index in [-0.39, 0.29) is 0 Å². The Balaban J connectivity index is 2.70. The van der Waals surface area contributed by atoms with E-state index >= 15 is 0 Å². The van der Waals surface area contributed by atoms with Gasteiger partial charge in [-0.3, -0.25) is 0 Å². The maximum Gasteiger partial charge on any atom is 0.445 e. The summed E-state index contributed by atoms with van der Waals surface area (Å²) in [6, 6.07) is 0. The van der Waals surface area contributed by atoms with E-state index in [0.29, 0.717) is 0 Å². The Morgan fingerprint density at radius 3 is 2.00 bits per heavy atom. The quantitative estimate of drug-likeness (QED) is 0.395. The summed E-state index contributed by atoms with van der Waals surface area (Å²) in [5, 5.41) is 0. The van der Waals surface area contributed by atoms with Crippen molar-refractivity contribution in [1.29, 1.82) is 0 Å². The first-order valence-electron chi connectivity index (χ1n) is 2.52. The van der Waals surface area contributed by atoms with Crippen LogP contribution in [0.4, 0.5) is 17.6 Å². The topological polar surface area (TPSA) is 18.5 Å². The van der Waals surface area contributed by atoms with Gasteiger partial charge in [-0.2, -0.15) is 22.4 Å². The molecule has 60 valence electrons. The van der Waals surface area contributed by atoms with Gasteiger partial charge in [0.1, 0.15) is 0 Å². The van der Waals surface area contributed by atoms with Crippen LogP contribution < -0.4 is 0 Å². The van der Waals surface area contributed by atoms with Crippen LogP contribution in [-0.2, 0) is 9.78 Å². The molecule has 0 aromatic carbocycles. The Hall–Kier alpha value is -0.360. The van der Waals surface area contributed by atoms with Gasteiger partial charge in [0.15, 0.2) is 0 Å². The molecule has 0 aromatic rings. The highest BCUT2D eigenvalue weighted by Gasteiger charge is 2.61. The smallest absolute Gasteiger partial charge is 0.231 e. The van der Waals surface area contributed by atoms with E-state index < -0.39 is 25.1 Å². The Labute approximate surface area is 53.6 Å². The predicted molar refractivity (Wildman–Crippen MR) is 21.5 cm³/mol. The summed E-state index contributed by atoms with van der Waals surface area (Å²) in [5.74, 6) is -4.11. The molecule has 1 aliphatic rings. The lowest BCUT2D eigenvalue weighted by Gasteiger charge is -2.28. The molecule has 0 aromatic heterocycles. The van der Waals surface area contributed by atoms with Crippen molar-refractivity contribution in [2.75, 3.05) is 6.61 Å². The second-order valence-corrected chi connectivity index (χ2v) is 1.88. The van der Waals surface area contributed by atoms with Gasteiger partial charge < -0.3 is 0 Å². The lowest BCUT2D eigenvalue weighted by atomic mass is 10.2. The maximum absolute atomic E-state index is 12.0. The zero-order valence-corrected chi connectivity index (χ0v) is 4.74. The molecule has 0 aliphatic carbocycles. The van der Waals surface area contributed by atoms with Crippen LogP contribution in [0.3, 0.4) is 0 Å². The molecule has 0 amide bonds. The van der Waals surface area contributed by atoms with Gasteiger partial charge in [0.2, 0.25) is 0 Å². The minimum Gasteiger partial charge on any atom is -0.231 e. The first kappa shape index (κ1) is 7.74. The van der Waals surface area contributed by atoms with Crippen molar-refractivity contribution in [3.63, 3.8) is 0 Å². The van der Waals surface area contributed by atoms with Gasteiger partial charge in [0.25, 0.3) is 0 Å². The number of hydrogen-bond acceptors (Lipinski definition) is 2. The predicted octanol–water partition coefficient (Wildman–Crippen LogP) is 1.57. The van der Waals surface area contributed by atoms with Crippen molar-refractivity contribution in [2.45, 2.75) is 18.5 Å². The van der Waals surface area contributed by atoms with Crippen LogP contribution >= 0.6 is 0 Å². The summed E-state index contributed by atoms with van der Waals surface area (Å²) in [6.45, 7) is -0.511. The van der Waals surface area contributed by atoms with Gasteiger partial charge in [0, 0.05) is 6.42 Å². The lowest BCUT2D eigenvalue weighted by molar-refractivity contribution is -0.512. The summed E-state index contributed by atoms with van der Waals surface area (Å²) in [6.07, 6.45) is -5.49. The molecule has 0 saturated carbocycles. The molecule has 0 bridgehead atoms. The minimum atomic E-state index is -4.48. The fourth-order valence-electron chi connectivity index (χ4n) is 0.492. The molecule has 1 aliphatic heterocycles. The third-order valence-electron chi connectivity index (χ3n) is 1.09. The van der Waals surface area contributed by atoms with Gasteiger partial charge in [0.05, 0.1) is 6.61 Å². The fraction of sp³-hybridized carbons (Fsp3) is 1.00. The molecule has 0 atom stereocenters. The van der Waals surface area contributed by atoms with Gasteiger partial charge in [-0.1, -0.05) is 0 Å². The Morgan fingerprint density at radius 2 is 1.70 bits per heavy atom. The van der Waals surface area contributed by atoms with Crippen LogP contribution in [0.1, 0.15) is 6.42 Å². The lowest BCUT2D eigenvalue weighted by Crippen LogP contribution is -2.47. The average molecular weight is 160 g/mol. The molecule has 1 heterocycles. The third-order valence-corrected chi connectivity index (χ3v) is 1.09. The highest BCUT2D eigenvalue weighted by atomic mass is 19.3. The molecule has 0 unspecified atom stereocenters. The molecule has 1 saturated heterocycles. The largest absolute Gasteiger partial charge is 0.445 e. The van der Waals surface area contributed by atoms with Crippen LogP contribution in [0.15, 0.2) is 0 Å². The average Bonchev–Trinajstić information content (AvgIpc) is 1.77. The zero-order valence-electron chi connectivity index (χ0n) is 4.74. The van der Waals surface area contributed by atoms with Gasteiger partial charge in [-0.05, 0) is 0 Å². The van der Waals surface area contributed by atoms with E-state index in [2.05, 4.69) is 9.78 Å². The van der Waals surface area contributed by atoms with Crippen LogP contribution in [0.25, 0.3) is 0 Å². The van der Waals surface area contributed by atoms with E-state index in [1.807, 2.05) is 0 Å². The summed E-state index contributed by atoms with van der Waals surface area (Å²) in [4.78, 5) is 6.79. The molecule has 6 heteroatoms. The molecule has 2 nitrogen and oxygen atoms in total. The molecular formula is C4H4F4O2. The van der Waals surface area contributed by atoms with Crippen LogP contribution in [0.5, 0.6) is 0 Å². The third kappa shape index (κ3) is 1.08. The van der Waals surface area contributed by atoms with Gasteiger partial charge in [-0.15, -0.1) is 0 Å². The SMILES string of the molecule is FC1(F)CCOOC1(F)F. The number of hydrogen-bond donors (Lipinski definition) is 0. The Kier molecular flexibility index (Phi) is 1.60. The van der Waals surface area contributed by atoms with Crippen molar-refractivity contribution in [2.24, 2.45) is 0 Å². The molecule has 1 fully saturated rings. The van der Waals surface area contributed by atoms with Crippen molar-refractivity contribution < 1.29 is 27.3 Å². The first-order valence-corrected chi connectivity index (χ1v) is 2.52. The van der Waals surface area contributed by atoms with Crippen molar-refractivity contribution in [3.8, 4) is 0 Å². The summed E-state index contributed by atoms with van der Waals surface area (Å²) in [7, 11) is 0. The zero-order chi connectivity index (χ0) is 7.83. The molecule has 1 rings (SSSR count). The van der Waals surface area contributed by atoms with E-state index in [1.165, 1.54) is 0 Å². The molecular weight excluding hydrogens is 156 g/mol. The van der Waals surface area contributed by atoms with Gasteiger partial charge >= 0.3 is 12.0 Å². The number of rotatable bonds is 0. The van der Waals surface area contributed by atoms with Crippen molar-refractivity contribution in [1.82, 2.24) is 0 Å². The normalized spacial score (nSPS) is 30.0. The summed E-state index contributed by atoms with van der Waals surface area (Å²) in [5.41, 5.74) is 0. The van der Waals surface area contributed by atoms with Crippen molar-refractivity contribution >= 4 is 0 Å². The summed E-state index contributed by atoms with van der Waals surface area (Å²) >= 11 is 0. The first-order chi connectivity index (χ1) is 4.46. The van der Waals surface area contributed by atoms with E-state index in [4.69, 9.17) is 0 Å².